The van der Waals surface area contributed by atoms with E-state index in [1.807, 2.05) is 0 Å². The van der Waals surface area contributed by atoms with E-state index in [9.17, 15) is 9.59 Å². The van der Waals surface area contributed by atoms with E-state index in [1.54, 1.807) is 0 Å². The van der Waals surface area contributed by atoms with Crippen molar-refractivity contribution in [2.24, 2.45) is 0 Å². The zero-order chi connectivity index (χ0) is 47.7. The fraction of sp³-hybridized carbons (Fsp3) is 0.869. The Balaban J connectivity index is 4.22. The monoisotopic (exact) mass is 927 g/mol. The molecule has 1 atom stereocenters. The second-order valence-electron chi connectivity index (χ2n) is 19.9. The Bertz CT molecular complexity index is 1050. The molecule has 0 aromatic rings. The Morgan fingerprint density at radius 2 is 0.576 bits per heavy atom. The lowest BCUT2D eigenvalue weighted by atomic mass is 10.0. The van der Waals surface area contributed by atoms with Gasteiger partial charge in [0, 0.05) is 19.4 Å². The minimum atomic E-state index is -0.400. The maximum absolute atomic E-state index is 12.7. The third-order valence-electron chi connectivity index (χ3n) is 13.2. The summed E-state index contributed by atoms with van der Waals surface area (Å²) < 4.78 is 17.5. The van der Waals surface area contributed by atoms with Gasteiger partial charge in [-0.1, -0.05) is 263 Å². The van der Waals surface area contributed by atoms with Crippen LogP contribution in [-0.2, 0) is 23.8 Å². The van der Waals surface area contributed by atoms with Crippen LogP contribution >= 0.6 is 0 Å². The largest absolute Gasteiger partial charge is 0.463 e. The molecule has 0 N–H and O–H groups in total. The Kier molecular flexibility index (Phi) is 55.8. The van der Waals surface area contributed by atoms with E-state index >= 15 is 0 Å². The number of esters is 2. The number of ether oxygens (including phenoxy) is 3. The predicted molar refractivity (Wildman–Crippen MR) is 288 cm³/mol. The van der Waals surface area contributed by atoms with Gasteiger partial charge in [-0.25, -0.2) is 0 Å². The molecule has 0 aromatic heterocycles. The van der Waals surface area contributed by atoms with Gasteiger partial charge in [-0.2, -0.15) is 0 Å². The van der Waals surface area contributed by atoms with Crippen molar-refractivity contribution in [2.45, 2.75) is 322 Å². The molecule has 5 heteroatoms. The molecular formula is C61H114O5. The molecule has 0 spiro atoms. The topological polar surface area (TPSA) is 61.8 Å². The molecule has 0 saturated carbocycles. The highest BCUT2D eigenvalue weighted by Gasteiger charge is 2.16. The summed E-state index contributed by atoms with van der Waals surface area (Å²) in [7, 11) is 0. The van der Waals surface area contributed by atoms with E-state index in [2.05, 4.69) is 57.2 Å². The van der Waals surface area contributed by atoms with Crippen molar-refractivity contribution in [2.75, 3.05) is 19.8 Å². The zero-order valence-electron chi connectivity index (χ0n) is 44.7. The van der Waals surface area contributed by atoms with Crippen molar-refractivity contribution in [1.29, 1.82) is 0 Å². The average molecular weight is 928 g/mol. The van der Waals surface area contributed by atoms with Gasteiger partial charge in [0.1, 0.15) is 19.3 Å². The normalized spacial score (nSPS) is 12.3. The quantitative estimate of drug-likeness (QED) is 0.0345. The summed E-state index contributed by atoms with van der Waals surface area (Å²) >= 11 is 0. The molecule has 0 aliphatic carbocycles. The first-order chi connectivity index (χ1) is 32.6. The predicted octanol–water partition coefficient (Wildman–Crippen LogP) is 20.1. The molecule has 0 bridgehead atoms. The highest BCUT2D eigenvalue weighted by atomic mass is 16.6. The minimum Gasteiger partial charge on any atom is -0.463 e. The lowest BCUT2D eigenvalue weighted by Gasteiger charge is -2.18. The fourth-order valence-electron chi connectivity index (χ4n) is 8.69. The summed E-state index contributed by atoms with van der Waals surface area (Å²) in [6, 6.07) is 0. The maximum Gasteiger partial charge on any atom is 0.305 e. The minimum absolute atomic E-state index is 0.158. The second-order valence-corrected chi connectivity index (χ2v) is 19.9. The fourth-order valence-corrected chi connectivity index (χ4v) is 8.69. The average Bonchev–Trinajstić information content (AvgIpc) is 3.32. The van der Waals surface area contributed by atoms with Crippen LogP contribution in [0.15, 0.2) is 36.5 Å². The molecule has 5 nitrogen and oxygen atoms in total. The number of unbranched alkanes of at least 4 members (excludes halogenated alkanes) is 38. The Hall–Kier alpha value is -1.88. The van der Waals surface area contributed by atoms with Gasteiger partial charge < -0.3 is 14.2 Å². The van der Waals surface area contributed by atoms with E-state index in [0.717, 1.165) is 44.9 Å². The van der Waals surface area contributed by atoms with Gasteiger partial charge in [-0.15, -0.1) is 0 Å². The lowest BCUT2D eigenvalue weighted by Crippen LogP contribution is -2.29. The number of hydrogen-bond donors (Lipinski definition) is 0. The zero-order valence-corrected chi connectivity index (χ0v) is 44.7. The molecule has 0 saturated heterocycles. The van der Waals surface area contributed by atoms with Gasteiger partial charge in [0.25, 0.3) is 0 Å². The van der Waals surface area contributed by atoms with Crippen LogP contribution in [0.25, 0.3) is 0 Å². The number of hydrogen-bond acceptors (Lipinski definition) is 5. The van der Waals surface area contributed by atoms with Crippen LogP contribution in [0.1, 0.15) is 316 Å². The molecule has 388 valence electrons. The number of carbonyl (C=O) groups is 2. The Morgan fingerprint density at radius 3 is 0.939 bits per heavy atom. The van der Waals surface area contributed by atoms with Crippen molar-refractivity contribution in [3.63, 3.8) is 0 Å². The molecule has 0 amide bonds. The van der Waals surface area contributed by atoms with E-state index < -0.39 is 6.10 Å². The van der Waals surface area contributed by atoms with Gasteiger partial charge >= 0.3 is 11.9 Å². The summed E-state index contributed by atoms with van der Waals surface area (Å²) in [5, 5.41) is 0. The molecule has 0 heterocycles. The smallest absolute Gasteiger partial charge is 0.305 e. The number of rotatable bonds is 55. The molecule has 0 unspecified atom stereocenters. The Labute approximate surface area is 412 Å². The third-order valence-corrected chi connectivity index (χ3v) is 13.2. The summed E-state index contributed by atoms with van der Waals surface area (Å²) in [6.07, 6.45) is 70.4. The van der Waals surface area contributed by atoms with E-state index in [-0.39, 0.29) is 25.2 Å². The highest BCUT2D eigenvalue weighted by molar-refractivity contribution is 5.69. The van der Waals surface area contributed by atoms with Gasteiger partial charge in [0.15, 0.2) is 0 Å². The third kappa shape index (κ3) is 54.7. The van der Waals surface area contributed by atoms with Gasteiger partial charge in [0.05, 0.1) is 0 Å². The first kappa shape index (κ1) is 64.1. The van der Waals surface area contributed by atoms with Gasteiger partial charge in [-0.05, 0) is 77.0 Å². The van der Waals surface area contributed by atoms with E-state index in [1.165, 1.54) is 238 Å². The van der Waals surface area contributed by atoms with Crippen molar-refractivity contribution >= 4 is 11.9 Å². The van der Waals surface area contributed by atoms with Gasteiger partial charge in [-0.3, -0.25) is 9.59 Å². The SMILES string of the molecule is CCCCC/C=C\C/C=C\CCCCCCCCCCCC(=O)OC[C@H](COC(=O)CCCCCCCCC/C=C\CCCCCC)OCCCCCCCCCCCCCCCCCC. The number of carbonyl (C=O) groups excluding carboxylic acids is 2. The molecule has 0 radical (unpaired) electrons. The van der Waals surface area contributed by atoms with Crippen LogP contribution in [0.3, 0.4) is 0 Å². The van der Waals surface area contributed by atoms with Crippen LogP contribution in [0, 0.1) is 0 Å². The lowest BCUT2D eigenvalue weighted by molar-refractivity contribution is -0.155. The van der Waals surface area contributed by atoms with Crippen LogP contribution in [-0.4, -0.2) is 37.9 Å². The first-order valence-electron chi connectivity index (χ1n) is 29.5. The van der Waals surface area contributed by atoms with Crippen LogP contribution in [0.4, 0.5) is 0 Å². The maximum atomic E-state index is 12.7. The molecular weight excluding hydrogens is 813 g/mol. The standard InChI is InChI=1S/C61H114O5/c1-4-7-10-13-16-19-22-25-28-30-31-32-34-37-40-43-46-49-52-55-61(63)66-58-59(64-56-53-50-47-44-41-38-35-29-26-23-20-17-14-11-8-5-2)57-65-60(62)54-51-48-45-42-39-36-33-27-24-21-18-15-12-9-6-3/h16,19,21,24-25,28,59H,4-15,17-18,20,22-23,26-27,29-58H2,1-3H3/b19-16-,24-21-,28-25-/t59-/m0/s1. The number of allylic oxidation sites excluding steroid dienone is 6. The van der Waals surface area contributed by atoms with Crippen LogP contribution < -0.4 is 0 Å². The molecule has 0 aliphatic heterocycles. The van der Waals surface area contributed by atoms with Crippen LogP contribution in [0.5, 0.6) is 0 Å². The van der Waals surface area contributed by atoms with Crippen LogP contribution in [0.2, 0.25) is 0 Å². The van der Waals surface area contributed by atoms with Crippen molar-refractivity contribution in [1.82, 2.24) is 0 Å². The highest BCUT2D eigenvalue weighted by Crippen LogP contribution is 2.16. The van der Waals surface area contributed by atoms with E-state index in [0.29, 0.717) is 19.4 Å². The van der Waals surface area contributed by atoms with Gasteiger partial charge in [0.2, 0.25) is 0 Å². The van der Waals surface area contributed by atoms with Crippen molar-refractivity contribution in [3.05, 3.63) is 36.5 Å². The molecule has 0 aliphatic rings. The summed E-state index contributed by atoms with van der Waals surface area (Å²) in [5.41, 5.74) is 0. The molecule has 0 aromatic carbocycles. The first-order valence-corrected chi connectivity index (χ1v) is 29.5. The summed E-state index contributed by atoms with van der Waals surface area (Å²) in [5.74, 6) is -0.327. The second kappa shape index (κ2) is 57.4. The van der Waals surface area contributed by atoms with Crippen molar-refractivity contribution in [3.8, 4) is 0 Å². The molecule has 0 fully saturated rings. The Morgan fingerprint density at radius 1 is 0.318 bits per heavy atom. The van der Waals surface area contributed by atoms with Crippen molar-refractivity contribution < 1.29 is 23.8 Å². The summed E-state index contributed by atoms with van der Waals surface area (Å²) in [4.78, 5) is 25.3. The molecule has 66 heavy (non-hydrogen) atoms. The summed E-state index contributed by atoms with van der Waals surface area (Å²) in [6.45, 7) is 7.74. The van der Waals surface area contributed by atoms with E-state index in [4.69, 9.17) is 14.2 Å². The molecule has 0 rings (SSSR count).